The van der Waals surface area contributed by atoms with Crippen LogP contribution in [0, 0.1) is 0 Å². The molecule has 5 nitrogen and oxygen atoms in total. The molecule has 3 aromatic rings. The smallest absolute Gasteiger partial charge is 0.337 e. The van der Waals surface area contributed by atoms with Gasteiger partial charge < -0.3 is 14.2 Å². The number of fused-ring (bicyclic) bond motifs is 1. The summed E-state index contributed by atoms with van der Waals surface area (Å²) < 4.78 is 16.2. The van der Waals surface area contributed by atoms with Crippen molar-refractivity contribution in [3.05, 3.63) is 101 Å². The molecule has 0 N–H and O–H groups in total. The predicted molar refractivity (Wildman–Crippen MR) is 108 cm³/mol. The molecule has 0 spiro atoms. The number of methoxy groups -OCH3 is 1. The molecule has 1 aliphatic rings. The van der Waals surface area contributed by atoms with E-state index in [2.05, 4.69) is 4.74 Å². The average molecular weight is 386 g/mol. The Morgan fingerprint density at radius 1 is 1.00 bits per heavy atom. The SMILES string of the molecule is COC(=O)c1ccc(/C=C2\Oc3cc(OCc4ccccc4)ccc3C2=O)cc1. The van der Waals surface area contributed by atoms with Crippen molar-refractivity contribution in [2.75, 3.05) is 7.11 Å². The van der Waals surface area contributed by atoms with Crippen LogP contribution in [0.5, 0.6) is 11.5 Å². The minimum Gasteiger partial charge on any atom is -0.489 e. The third-order valence-corrected chi connectivity index (χ3v) is 4.52. The monoisotopic (exact) mass is 386 g/mol. The van der Waals surface area contributed by atoms with Crippen LogP contribution in [0.2, 0.25) is 0 Å². The molecule has 0 aliphatic carbocycles. The highest BCUT2D eigenvalue weighted by Crippen LogP contribution is 2.35. The zero-order valence-electron chi connectivity index (χ0n) is 15.8. The first-order chi connectivity index (χ1) is 14.1. The molecule has 0 aromatic heterocycles. The van der Waals surface area contributed by atoms with Crippen molar-refractivity contribution in [1.29, 1.82) is 0 Å². The first-order valence-electron chi connectivity index (χ1n) is 9.07. The maximum atomic E-state index is 12.6. The van der Waals surface area contributed by atoms with E-state index < -0.39 is 5.97 Å². The Balaban J connectivity index is 1.49. The molecule has 0 saturated heterocycles. The van der Waals surface area contributed by atoms with Crippen LogP contribution in [0.1, 0.15) is 31.8 Å². The van der Waals surface area contributed by atoms with Crippen LogP contribution in [0.15, 0.2) is 78.6 Å². The Morgan fingerprint density at radius 3 is 2.48 bits per heavy atom. The van der Waals surface area contributed by atoms with E-state index in [-0.39, 0.29) is 11.5 Å². The topological polar surface area (TPSA) is 61.8 Å². The lowest BCUT2D eigenvalue weighted by Gasteiger charge is -2.07. The zero-order valence-corrected chi connectivity index (χ0v) is 15.8. The Hall–Kier alpha value is -3.86. The fraction of sp³-hybridized carbons (Fsp3) is 0.0833. The Bertz CT molecular complexity index is 1080. The highest BCUT2D eigenvalue weighted by molar-refractivity contribution is 6.14. The van der Waals surface area contributed by atoms with Crippen LogP contribution in [0.25, 0.3) is 6.08 Å². The largest absolute Gasteiger partial charge is 0.489 e. The van der Waals surface area contributed by atoms with E-state index >= 15 is 0 Å². The number of ether oxygens (including phenoxy) is 3. The summed E-state index contributed by atoms with van der Waals surface area (Å²) in [5.74, 6) is 0.729. The Morgan fingerprint density at radius 2 is 1.76 bits per heavy atom. The quantitative estimate of drug-likeness (QED) is 0.471. The maximum absolute atomic E-state index is 12.6. The van der Waals surface area contributed by atoms with E-state index in [1.165, 1.54) is 7.11 Å². The number of hydrogen-bond acceptors (Lipinski definition) is 5. The summed E-state index contributed by atoms with van der Waals surface area (Å²) in [5, 5.41) is 0. The molecule has 3 aromatic carbocycles. The molecule has 0 saturated carbocycles. The lowest BCUT2D eigenvalue weighted by molar-refractivity contribution is 0.0600. The fourth-order valence-electron chi connectivity index (χ4n) is 2.98. The summed E-state index contributed by atoms with van der Waals surface area (Å²) in [6.45, 7) is 0.433. The van der Waals surface area contributed by atoms with Gasteiger partial charge in [-0.2, -0.15) is 0 Å². The van der Waals surface area contributed by atoms with Crippen LogP contribution in [-0.2, 0) is 11.3 Å². The molecule has 0 fully saturated rings. The Labute approximate surface area is 168 Å². The van der Waals surface area contributed by atoms with Crippen LogP contribution >= 0.6 is 0 Å². The number of ketones is 1. The van der Waals surface area contributed by atoms with E-state index in [1.54, 1.807) is 48.5 Å². The fourth-order valence-corrected chi connectivity index (χ4v) is 2.98. The predicted octanol–water partition coefficient (Wildman–Crippen LogP) is 4.67. The first-order valence-corrected chi connectivity index (χ1v) is 9.07. The second-order valence-corrected chi connectivity index (χ2v) is 6.49. The van der Waals surface area contributed by atoms with Crippen molar-refractivity contribution in [3.8, 4) is 11.5 Å². The number of allylic oxidation sites excluding steroid dienone is 1. The molecule has 0 atom stereocenters. The lowest BCUT2D eigenvalue weighted by atomic mass is 10.1. The third kappa shape index (κ3) is 4.04. The molecule has 0 amide bonds. The molecular weight excluding hydrogens is 368 g/mol. The van der Waals surface area contributed by atoms with Gasteiger partial charge in [0.1, 0.15) is 18.1 Å². The molecule has 29 heavy (non-hydrogen) atoms. The molecule has 144 valence electrons. The van der Waals surface area contributed by atoms with Crippen LogP contribution in [0.3, 0.4) is 0 Å². The standard InChI is InChI=1S/C24H18O5/c1-27-24(26)18-9-7-16(8-10-18)13-22-23(25)20-12-11-19(14-21(20)29-22)28-15-17-5-3-2-4-6-17/h2-14H,15H2,1H3/b22-13-. The number of carbonyl (C=O) groups is 2. The Kier molecular flexibility index (Phi) is 5.12. The van der Waals surface area contributed by atoms with Gasteiger partial charge in [-0.25, -0.2) is 4.79 Å². The minimum absolute atomic E-state index is 0.188. The molecule has 0 unspecified atom stereocenters. The van der Waals surface area contributed by atoms with Crippen molar-refractivity contribution >= 4 is 17.8 Å². The van der Waals surface area contributed by atoms with Crippen molar-refractivity contribution < 1.29 is 23.8 Å². The lowest BCUT2D eigenvalue weighted by Crippen LogP contribution is -2.01. The van der Waals surface area contributed by atoms with Gasteiger partial charge in [-0.05, 0) is 41.5 Å². The molecule has 1 aliphatic heterocycles. The number of rotatable bonds is 5. The summed E-state index contributed by atoms with van der Waals surface area (Å²) in [6, 6.07) is 21.8. The van der Waals surface area contributed by atoms with Gasteiger partial charge in [0.25, 0.3) is 0 Å². The summed E-state index contributed by atoms with van der Waals surface area (Å²) >= 11 is 0. The highest BCUT2D eigenvalue weighted by Gasteiger charge is 2.27. The normalized spacial score (nSPS) is 13.7. The molecule has 0 radical (unpaired) electrons. The van der Waals surface area contributed by atoms with E-state index in [0.29, 0.717) is 29.2 Å². The first kappa shape index (κ1) is 18.5. The summed E-state index contributed by atoms with van der Waals surface area (Å²) in [5.41, 5.74) is 2.74. The summed E-state index contributed by atoms with van der Waals surface area (Å²) in [6.07, 6.45) is 1.65. The van der Waals surface area contributed by atoms with Gasteiger partial charge in [0.2, 0.25) is 5.78 Å². The molecule has 1 heterocycles. The van der Waals surface area contributed by atoms with Gasteiger partial charge in [-0.3, -0.25) is 4.79 Å². The van der Waals surface area contributed by atoms with Gasteiger partial charge in [-0.15, -0.1) is 0 Å². The van der Waals surface area contributed by atoms with Gasteiger partial charge in [0.15, 0.2) is 5.76 Å². The van der Waals surface area contributed by atoms with Crippen LogP contribution < -0.4 is 9.47 Å². The maximum Gasteiger partial charge on any atom is 0.337 e. The molecule has 4 rings (SSSR count). The minimum atomic E-state index is -0.409. The summed E-state index contributed by atoms with van der Waals surface area (Å²) in [7, 11) is 1.33. The number of Topliss-reactive ketones (excluding diaryl/α,β-unsaturated/α-hetero) is 1. The van der Waals surface area contributed by atoms with E-state index in [0.717, 1.165) is 11.1 Å². The van der Waals surface area contributed by atoms with E-state index in [4.69, 9.17) is 9.47 Å². The van der Waals surface area contributed by atoms with E-state index in [9.17, 15) is 9.59 Å². The number of benzene rings is 3. The van der Waals surface area contributed by atoms with Crippen LogP contribution in [0.4, 0.5) is 0 Å². The number of hydrogen-bond donors (Lipinski definition) is 0. The molecular formula is C24H18O5. The van der Waals surface area contributed by atoms with Gasteiger partial charge in [0.05, 0.1) is 18.2 Å². The second-order valence-electron chi connectivity index (χ2n) is 6.49. The van der Waals surface area contributed by atoms with Crippen molar-refractivity contribution in [3.63, 3.8) is 0 Å². The van der Waals surface area contributed by atoms with Gasteiger partial charge in [0, 0.05) is 6.07 Å². The number of esters is 1. The van der Waals surface area contributed by atoms with Crippen molar-refractivity contribution in [2.24, 2.45) is 0 Å². The molecule has 0 bridgehead atoms. The zero-order chi connectivity index (χ0) is 20.2. The highest BCUT2D eigenvalue weighted by atomic mass is 16.5. The molecule has 5 heteroatoms. The second kappa shape index (κ2) is 8.02. The third-order valence-electron chi connectivity index (χ3n) is 4.52. The summed E-state index contributed by atoms with van der Waals surface area (Å²) in [4.78, 5) is 24.1. The van der Waals surface area contributed by atoms with Crippen molar-refractivity contribution in [1.82, 2.24) is 0 Å². The van der Waals surface area contributed by atoms with Gasteiger partial charge >= 0.3 is 5.97 Å². The van der Waals surface area contributed by atoms with Gasteiger partial charge in [-0.1, -0.05) is 42.5 Å². The average Bonchev–Trinajstić information content (AvgIpc) is 3.07. The van der Waals surface area contributed by atoms with E-state index in [1.807, 2.05) is 30.3 Å². The van der Waals surface area contributed by atoms with Crippen molar-refractivity contribution in [2.45, 2.75) is 6.61 Å². The number of carbonyl (C=O) groups excluding carboxylic acids is 2. The van der Waals surface area contributed by atoms with Crippen LogP contribution in [-0.4, -0.2) is 18.9 Å².